The van der Waals surface area contributed by atoms with E-state index in [2.05, 4.69) is 0 Å². The van der Waals surface area contributed by atoms with E-state index in [0.29, 0.717) is 6.61 Å². The topological polar surface area (TPSA) is 21.8 Å². The van der Waals surface area contributed by atoms with Crippen molar-refractivity contribution in [2.45, 2.75) is 16.5 Å². The van der Waals surface area contributed by atoms with Gasteiger partial charge in [-0.05, 0) is 0 Å². The molecule has 1 rings (SSSR count). The van der Waals surface area contributed by atoms with Gasteiger partial charge in [0.15, 0.2) is 5.56 Å². The molecular formula is C5H7Cl3O2. The van der Waals surface area contributed by atoms with Crippen molar-refractivity contribution < 1.29 is 9.47 Å². The van der Waals surface area contributed by atoms with Crippen LogP contribution in [0.25, 0.3) is 0 Å². The SMILES string of the molecule is ClC(Cl)C(Cl)OCC1CO1. The second-order valence-electron chi connectivity index (χ2n) is 1.97. The van der Waals surface area contributed by atoms with Crippen LogP contribution in [0.4, 0.5) is 0 Å². The number of halogens is 3. The average Bonchev–Trinajstić information content (AvgIpc) is 2.64. The molecule has 10 heavy (non-hydrogen) atoms. The highest BCUT2D eigenvalue weighted by molar-refractivity contribution is 6.48. The van der Waals surface area contributed by atoms with Gasteiger partial charge in [-0.3, -0.25) is 0 Å². The van der Waals surface area contributed by atoms with E-state index >= 15 is 0 Å². The van der Waals surface area contributed by atoms with Crippen molar-refractivity contribution in [1.29, 1.82) is 0 Å². The normalized spacial score (nSPS) is 27.0. The molecule has 1 aliphatic rings. The van der Waals surface area contributed by atoms with E-state index in [4.69, 9.17) is 44.3 Å². The summed E-state index contributed by atoms with van der Waals surface area (Å²) in [4.78, 5) is -0.680. The van der Waals surface area contributed by atoms with Crippen molar-refractivity contribution in [2.75, 3.05) is 13.2 Å². The minimum atomic E-state index is -0.680. The third-order valence-corrected chi connectivity index (χ3v) is 2.14. The Balaban J connectivity index is 1.99. The highest BCUT2D eigenvalue weighted by Crippen LogP contribution is 2.18. The fourth-order valence-corrected chi connectivity index (χ4v) is 0.654. The zero-order valence-corrected chi connectivity index (χ0v) is 7.36. The predicted molar refractivity (Wildman–Crippen MR) is 40.8 cm³/mol. The molecule has 0 N–H and O–H groups in total. The third-order valence-electron chi connectivity index (χ3n) is 1.04. The quantitative estimate of drug-likeness (QED) is 0.515. The van der Waals surface area contributed by atoms with Gasteiger partial charge in [0, 0.05) is 0 Å². The molecular weight excluding hydrogens is 198 g/mol. The lowest BCUT2D eigenvalue weighted by Gasteiger charge is -2.09. The molecule has 0 aliphatic carbocycles. The highest BCUT2D eigenvalue weighted by atomic mass is 35.5. The van der Waals surface area contributed by atoms with Gasteiger partial charge in [0.05, 0.1) is 13.2 Å². The van der Waals surface area contributed by atoms with Crippen LogP contribution in [0.1, 0.15) is 0 Å². The Labute approximate surface area is 74.3 Å². The summed E-state index contributed by atoms with van der Waals surface area (Å²) in [6.45, 7) is 1.23. The number of alkyl halides is 3. The van der Waals surface area contributed by atoms with Crippen LogP contribution in [0.5, 0.6) is 0 Å². The maximum atomic E-state index is 5.55. The van der Waals surface area contributed by atoms with Crippen LogP contribution in [0.3, 0.4) is 0 Å². The molecule has 1 fully saturated rings. The lowest BCUT2D eigenvalue weighted by molar-refractivity contribution is 0.0996. The van der Waals surface area contributed by atoms with E-state index in [1.807, 2.05) is 0 Å². The fraction of sp³-hybridized carbons (Fsp3) is 1.00. The summed E-state index contributed by atoms with van der Waals surface area (Å²) in [6, 6.07) is 0. The van der Waals surface area contributed by atoms with E-state index in [9.17, 15) is 0 Å². The lowest BCUT2D eigenvalue weighted by Crippen LogP contribution is -2.16. The molecule has 2 atom stereocenters. The summed E-state index contributed by atoms with van der Waals surface area (Å²) in [5.41, 5.74) is -0.632. The van der Waals surface area contributed by atoms with Gasteiger partial charge in [0.25, 0.3) is 0 Å². The maximum Gasteiger partial charge on any atom is 0.161 e. The number of ether oxygens (including phenoxy) is 2. The summed E-state index contributed by atoms with van der Waals surface area (Å²) in [6.07, 6.45) is 0.202. The van der Waals surface area contributed by atoms with Gasteiger partial charge in [-0.2, -0.15) is 0 Å². The molecule has 0 aromatic carbocycles. The average molecular weight is 205 g/mol. The van der Waals surface area contributed by atoms with Crippen molar-refractivity contribution in [3.8, 4) is 0 Å². The van der Waals surface area contributed by atoms with Crippen LogP contribution in [-0.4, -0.2) is 29.7 Å². The molecule has 0 aromatic rings. The zero-order valence-electron chi connectivity index (χ0n) is 5.10. The first-order valence-corrected chi connectivity index (χ1v) is 4.16. The molecule has 5 heteroatoms. The van der Waals surface area contributed by atoms with E-state index < -0.39 is 10.4 Å². The molecule has 60 valence electrons. The van der Waals surface area contributed by atoms with E-state index in [1.165, 1.54) is 0 Å². The van der Waals surface area contributed by atoms with Crippen molar-refractivity contribution in [3.05, 3.63) is 0 Å². The summed E-state index contributed by atoms with van der Waals surface area (Å²) in [5.74, 6) is 0. The smallest absolute Gasteiger partial charge is 0.161 e. The first-order chi connectivity index (χ1) is 4.70. The molecule has 0 saturated carbocycles. The largest absolute Gasteiger partial charge is 0.371 e. The number of epoxide rings is 1. The van der Waals surface area contributed by atoms with Gasteiger partial charge >= 0.3 is 0 Å². The molecule has 0 aromatic heterocycles. The maximum absolute atomic E-state index is 5.55. The molecule has 2 nitrogen and oxygen atoms in total. The van der Waals surface area contributed by atoms with Gasteiger partial charge < -0.3 is 9.47 Å². The van der Waals surface area contributed by atoms with E-state index in [-0.39, 0.29) is 6.10 Å². The van der Waals surface area contributed by atoms with Crippen LogP contribution >= 0.6 is 34.8 Å². The van der Waals surface area contributed by atoms with E-state index in [0.717, 1.165) is 6.61 Å². The Morgan fingerprint density at radius 1 is 1.50 bits per heavy atom. The van der Waals surface area contributed by atoms with Crippen molar-refractivity contribution in [2.24, 2.45) is 0 Å². The first kappa shape index (κ1) is 8.88. The minimum absolute atomic E-state index is 0.202. The summed E-state index contributed by atoms with van der Waals surface area (Å²) in [7, 11) is 0. The second-order valence-corrected chi connectivity index (χ2v) is 3.57. The minimum Gasteiger partial charge on any atom is -0.371 e. The Hall–Kier alpha value is 0.790. The van der Waals surface area contributed by atoms with Gasteiger partial charge in [-0.15, -0.1) is 23.2 Å². The Morgan fingerprint density at radius 2 is 2.10 bits per heavy atom. The van der Waals surface area contributed by atoms with Gasteiger partial charge in [0.1, 0.15) is 10.9 Å². The van der Waals surface area contributed by atoms with Crippen LogP contribution in [-0.2, 0) is 9.47 Å². The molecule has 1 heterocycles. The van der Waals surface area contributed by atoms with Crippen LogP contribution in [0.2, 0.25) is 0 Å². The Bertz CT molecular complexity index is 105. The fourth-order valence-electron chi connectivity index (χ4n) is 0.436. The molecule has 0 amide bonds. The van der Waals surface area contributed by atoms with Gasteiger partial charge in [-0.25, -0.2) is 0 Å². The predicted octanol–water partition coefficient (Wildman–Crippen LogP) is 1.77. The highest BCUT2D eigenvalue weighted by Gasteiger charge is 2.25. The third kappa shape index (κ3) is 3.26. The number of hydrogen-bond donors (Lipinski definition) is 0. The van der Waals surface area contributed by atoms with Gasteiger partial charge in [0.2, 0.25) is 0 Å². The monoisotopic (exact) mass is 204 g/mol. The second kappa shape index (κ2) is 3.98. The van der Waals surface area contributed by atoms with Crippen molar-refractivity contribution in [3.63, 3.8) is 0 Å². The van der Waals surface area contributed by atoms with Crippen molar-refractivity contribution >= 4 is 34.8 Å². The molecule has 0 radical (unpaired) electrons. The van der Waals surface area contributed by atoms with Crippen LogP contribution in [0.15, 0.2) is 0 Å². The lowest BCUT2D eigenvalue weighted by atomic mass is 10.5. The first-order valence-electron chi connectivity index (χ1n) is 2.85. The molecule has 2 unspecified atom stereocenters. The molecule has 1 saturated heterocycles. The van der Waals surface area contributed by atoms with Crippen molar-refractivity contribution in [1.82, 2.24) is 0 Å². The van der Waals surface area contributed by atoms with Crippen LogP contribution < -0.4 is 0 Å². The summed E-state index contributed by atoms with van der Waals surface area (Å²) >= 11 is 16.3. The Kier molecular flexibility index (Phi) is 3.53. The summed E-state index contributed by atoms with van der Waals surface area (Å²) in [5, 5.41) is 0. The molecule has 0 bridgehead atoms. The zero-order chi connectivity index (χ0) is 7.56. The number of rotatable bonds is 4. The van der Waals surface area contributed by atoms with Crippen LogP contribution in [0, 0.1) is 0 Å². The molecule has 0 spiro atoms. The number of hydrogen-bond acceptors (Lipinski definition) is 2. The Morgan fingerprint density at radius 3 is 2.50 bits per heavy atom. The standard InChI is InChI=1S/C5H7Cl3O2/c6-4(7)5(8)10-2-3-1-9-3/h3-5H,1-2H2. The summed E-state index contributed by atoms with van der Waals surface area (Å²) < 4.78 is 9.87. The van der Waals surface area contributed by atoms with E-state index in [1.54, 1.807) is 0 Å². The van der Waals surface area contributed by atoms with Gasteiger partial charge in [-0.1, -0.05) is 11.6 Å². The molecule has 1 aliphatic heterocycles.